The number of benzene rings is 1. The van der Waals surface area contributed by atoms with Crippen LogP contribution >= 0.6 is 0 Å². The molecule has 0 heterocycles. The summed E-state index contributed by atoms with van der Waals surface area (Å²) in [5.74, 6) is 0.611. The van der Waals surface area contributed by atoms with Gasteiger partial charge in [0.1, 0.15) is 6.29 Å². The molecular weight excluding hydrogens is 300 g/mol. The van der Waals surface area contributed by atoms with Crippen LogP contribution in [-0.4, -0.2) is 14.6 Å². The first-order valence-corrected chi connectivity index (χ1v) is 11.9. The van der Waals surface area contributed by atoms with E-state index in [0.29, 0.717) is 5.92 Å². The molecule has 0 N–H and O–H groups in total. The van der Waals surface area contributed by atoms with Crippen LogP contribution in [0.4, 0.5) is 0 Å². The van der Waals surface area contributed by atoms with Crippen molar-refractivity contribution in [3.05, 3.63) is 35.4 Å². The second-order valence-corrected chi connectivity index (χ2v) is 13.2. The SMILES string of the molecule is CC(C)(C)[Si](C)(C)OC(c1ccc(C=O)cc1)C1CCCCC1. The minimum Gasteiger partial charge on any atom is -0.410 e. The van der Waals surface area contributed by atoms with E-state index >= 15 is 0 Å². The highest BCUT2D eigenvalue weighted by Crippen LogP contribution is 2.44. The van der Waals surface area contributed by atoms with Crippen LogP contribution in [0.2, 0.25) is 18.1 Å². The molecule has 0 saturated heterocycles. The Bertz CT molecular complexity index is 507. The first-order chi connectivity index (χ1) is 10.7. The highest BCUT2D eigenvalue weighted by Gasteiger charge is 2.41. The zero-order chi connectivity index (χ0) is 17.1. The lowest BCUT2D eigenvalue weighted by molar-refractivity contribution is 0.0936. The maximum absolute atomic E-state index is 10.9. The molecule has 1 atom stereocenters. The van der Waals surface area contributed by atoms with Crippen molar-refractivity contribution >= 4 is 14.6 Å². The standard InChI is InChI=1S/C20H32O2Si/c1-20(2,3)23(4,5)22-19(17-9-7-6-8-10-17)18-13-11-16(15-21)12-14-18/h11-15,17,19H,6-10H2,1-5H3. The Hall–Kier alpha value is -0.933. The molecule has 1 aromatic rings. The highest BCUT2D eigenvalue weighted by molar-refractivity contribution is 6.74. The van der Waals surface area contributed by atoms with E-state index in [1.807, 2.05) is 12.1 Å². The van der Waals surface area contributed by atoms with Crippen LogP contribution in [0.3, 0.4) is 0 Å². The molecule has 2 rings (SSSR count). The lowest BCUT2D eigenvalue weighted by Crippen LogP contribution is -2.43. The molecule has 1 unspecified atom stereocenters. The average molecular weight is 333 g/mol. The van der Waals surface area contributed by atoms with Gasteiger partial charge in [0, 0.05) is 5.56 Å². The summed E-state index contributed by atoms with van der Waals surface area (Å²) in [5, 5.41) is 0.211. The third-order valence-corrected chi connectivity index (χ3v) is 10.2. The minimum atomic E-state index is -1.83. The number of hydrogen-bond donors (Lipinski definition) is 0. The Morgan fingerprint density at radius 3 is 2.13 bits per heavy atom. The topological polar surface area (TPSA) is 26.3 Å². The van der Waals surface area contributed by atoms with Gasteiger partial charge in [-0.2, -0.15) is 0 Å². The third-order valence-electron chi connectivity index (χ3n) is 5.71. The molecule has 23 heavy (non-hydrogen) atoms. The normalized spacial score (nSPS) is 18.7. The van der Waals surface area contributed by atoms with Crippen molar-refractivity contribution in [1.82, 2.24) is 0 Å². The molecule has 0 radical (unpaired) electrons. The van der Waals surface area contributed by atoms with Gasteiger partial charge >= 0.3 is 0 Å². The molecule has 128 valence electrons. The van der Waals surface area contributed by atoms with E-state index in [9.17, 15) is 4.79 Å². The fourth-order valence-electron chi connectivity index (χ4n) is 3.13. The van der Waals surface area contributed by atoms with E-state index in [4.69, 9.17) is 4.43 Å². The van der Waals surface area contributed by atoms with Gasteiger partial charge in [-0.05, 0) is 42.5 Å². The van der Waals surface area contributed by atoms with Gasteiger partial charge in [-0.15, -0.1) is 0 Å². The molecule has 0 spiro atoms. The second-order valence-electron chi connectivity index (χ2n) is 8.48. The summed E-state index contributed by atoms with van der Waals surface area (Å²) in [7, 11) is -1.83. The Kier molecular flexibility index (Phi) is 5.85. The van der Waals surface area contributed by atoms with Crippen molar-refractivity contribution in [1.29, 1.82) is 0 Å². The average Bonchev–Trinajstić information content (AvgIpc) is 2.52. The fourth-order valence-corrected chi connectivity index (χ4v) is 4.45. The van der Waals surface area contributed by atoms with Crippen LogP contribution in [0.1, 0.15) is 74.9 Å². The summed E-state index contributed by atoms with van der Waals surface area (Å²) in [4.78, 5) is 10.9. The molecule has 1 aromatic carbocycles. The van der Waals surface area contributed by atoms with Gasteiger partial charge in [-0.25, -0.2) is 0 Å². The highest BCUT2D eigenvalue weighted by atomic mass is 28.4. The zero-order valence-corrected chi connectivity index (χ0v) is 16.4. The minimum absolute atomic E-state index is 0.178. The Balaban J connectivity index is 2.28. The largest absolute Gasteiger partial charge is 0.410 e. The number of rotatable bonds is 5. The van der Waals surface area contributed by atoms with Crippen LogP contribution < -0.4 is 0 Å². The first kappa shape index (κ1) is 18.4. The van der Waals surface area contributed by atoms with E-state index in [1.54, 1.807) is 0 Å². The van der Waals surface area contributed by atoms with E-state index in [1.165, 1.54) is 37.7 Å². The summed E-state index contributed by atoms with van der Waals surface area (Å²) in [6.07, 6.45) is 7.59. The summed E-state index contributed by atoms with van der Waals surface area (Å²) < 4.78 is 6.85. The summed E-state index contributed by atoms with van der Waals surface area (Å²) in [6, 6.07) is 8.03. The molecule has 1 aliphatic rings. The molecule has 3 heteroatoms. The summed E-state index contributed by atoms with van der Waals surface area (Å²) >= 11 is 0. The molecule has 1 saturated carbocycles. The van der Waals surface area contributed by atoms with Crippen molar-refractivity contribution in [3.8, 4) is 0 Å². The lowest BCUT2D eigenvalue weighted by atomic mass is 9.82. The second kappa shape index (κ2) is 7.31. The van der Waals surface area contributed by atoms with Gasteiger partial charge in [0.25, 0.3) is 0 Å². The molecule has 2 nitrogen and oxygen atoms in total. The molecule has 0 aliphatic heterocycles. The number of carbonyl (C=O) groups excluding carboxylic acids is 1. The van der Waals surface area contributed by atoms with Gasteiger partial charge in [0.05, 0.1) is 6.10 Å². The van der Waals surface area contributed by atoms with Crippen LogP contribution in [0.25, 0.3) is 0 Å². The van der Waals surface area contributed by atoms with Crippen LogP contribution in [0.15, 0.2) is 24.3 Å². The quantitative estimate of drug-likeness (QED) is 0.478. The van der Waals surface area contributed by atoms with Crippen LogP contribution in [0.5, 0.6) is 0 Å². The summed E-state index contributed by atoms with van der Waals surface area (Å²) in [6.45, 7) is 11.6. The van der Waals surface area contributed by atoms with E-state index in [2.05, 4.69) is 46.0 Å². The van der Waals surface area contributed by atoms with Crippen molar-refractivity contribution in [2.45, 2.75) is 77.1 Å². The molecule has 1 aliphatic carbocycles. The number of aldehydes is 1. The van der Waals surface area contributed by atoms with Gasteiger partial charge in [0.2, 0.25) is 0 Å². The van der Waals surface area contributed by atoms with E-state index < -0.39 is 8.32 Å². The first-order valence-electron chi connectivity index (χ1n) is 8.97. The van der Waals surface area contributed by atoms with E-state index in [0.717, 1.165) is 11.8 Å². The molecule has 0 aromatic heterocycles. The van der Waals surface area contributed by atoms with Crippen LogP contribution in [0, 0.1) is 5.92 Å². The predicted octanol–water partition coefficient (Wildman–Crippen LogP) is 6.14. The Morgan fingerprint density at radius 2 is 1.65 bits per heavy atom. The van der Waals surface area contributed by atoms with Crippen molar-refractivity contribution in [3.63, 3.8) is 0 Å². The predicted molar refractivity (Wildman–Crippen MR) is 99.4 cm³/mol. The maximum atomic E-state index is 10.9. The molecular formula is C20H32O2Si. The maximum Gasteiger partial charge on any atom is 0.192 e. The monoisotopic (exact) mass is 332 g/mol. The van der Waals surface area contributed by atoms with Gasteiger partial charge in [0.15, 0.2) is 8.32 Å². The zero-order valence-electron chi connectivity index (χ0n) is 15.4. The third kappa shape index (κ3) is 4.54. The van der Waals surface area contributed by atoms with Crippen molar-refractivity contribution < 1.29 is 9.22 Å². The smallest absolute Gasteiger partial charge is 0.192 e. The lowest BCUT2D eigenvalue weighted by Gasteiger charge is -2.42. The van der Waals surface area contributed by atoms with Gasteiger partial charge < -0.3 is 4.43 Å². The number of carbonyl (C=O) groups is 1. The molecule has 0 amide bonds. The van der Waals surface area contributed by atoms with Crippen molar-refractivity contribution in [2.75, 3.05) is 0 Å². The Labute approximate surface area is 142 Å². The van der Waals surface area contributed by atoms with Crippen molar-refractivity contribution in [2.24, 2.45) is 5.92 Å². The fraction of sp³-hybridized carbons (Fsp3) is 0.650. The number of hydrogen-bond acceptors (Lipinski definition) is 2. The Morgan fingerprint density at radius 1 is 1.09 bits per heavy atom. The summed E-state index contributed by atoms with van der Waals surface area (Å²) in [5.41, 5.74) is 1.98. The van der Waals surface area contributed by atoms with Gasteiger partial charge in [-0.3, -0.25) is 4.79 Å². The molecule has 0 bridgehead atoms. The van der Waals surface area contributed by atoms with Crippen LogP contribution in [-0.2, 0) is 4.43 Å². The van der Waals surface area contributed by atoms with E-state index in [-0.39, 0.29) is 11.1 Å². The van der Waals surface area contributed by atoms with Gasteiger partial charge in [-0.1, -0.05) is 64.3 Å². The molecule has 1 fully saturated rings.